The highest BCUT2D eigenvalue weighted by atomic mass is 32.2. The zero-order chi connectivity index (χ0) is 22.7. The van der Waals surface area contributed by atoms with E-state index in [1.165, 1.54) is 0 Å². The van der Waals surface area contributed by atoms with Crippen molar-refractivity contribution in [2.45, 2.75) is 17.7 Å². The summed E-state index contributed by atoms with van der Waals surface area (Å²) >= 11 is 0. The Labute approximate surface area is 186 Å². The van der Waals surface area contributed by atoms with Crippen molar-refractivity contribution in [3.63, 3.8) is 0 Å². The number of rotatable bonds is 5. The lowest BCUT2D eigenvalue weighted by Gasteiger charge is -2.31. The van der Waals surface area contributed by atoms with Crippen LogP contribution in [0.5, 0.6) is 0 Å². The standard InChI is InChI=1S/C22H25F2N3O4S/c23-17-1-6-20(24)21(15-17)32(29,30)27-9-7-16(8-10-27)22(28)25-18-2-4-19(5-3-18)26-11-13-31-14-12-26/h1-6,15-16H,7-14H2,(H,25,28). The van der Waals surface area contributed by atoms with E-state index in [1.807, 2.05) is 24.3 Å². The Kier molecular flexibility index (Phi) is 6.73. The number of sulfonamides is 1. The normalized spacial score (nSPS) is 18.5. The zero-order valence-corrected chi connectivity index (χ0v) is 18.3. The average Bonchev–Trinajstić information content (AvgIpc) is 2.81. The van der Waals surface area contributed by atoms with Gasteiger partial charge < -0.3 is 15.0 Å². The van der Waals surface area contributed by atoms with Gasteiger partial charge in [-0.1, -0.05) is 0 Å². The van der Waals surface area contributed by atoms with Crippen LogP contribution in [0.15, 0.2) is 47.4 Å². The molecule has 0 atom stereocenters. The highest BCUT2D eigenvalue weighted by Crippen LogP contribution is 2.27. The van der Waals surface area contributed by atoms with Crippen LogP contribution in [0, 0.1) is 17.6 Å². The Morgan fingerprint density at radius 3 is 2.28 bits per heavy atom. The first-order chi connectivity index (χ1) is 15.3. The Morgan fingerprint density at radius 2 is 1.62 bits per heavy atom. The molecular formula is C22H25F2N3O4S. The molecule has 0 spiro atoms. The summed E-state index contributed by atoms with van der Waals surface area (Å²) in [6, 6.07) is 9.94. The number of piperidine rings is 1. The van der Waals surface area contributed by atoms with E-state index in [0.717, 1.165) is 35.2 Å². The van der Waals surface area contributed by atoms with Gasteiger partial charge in [0.15, 0.2) is 0 Å². The van der Waals surface area contributed by atoms with Crippen molar-refractivity contribution >= 4 is 27.3 Å². The van der Waals surface area contributed by atoms with Gasteiger partial charge in [0.05, 0.1) is 13.2 Å². The molecule has 32 heavy (non-hydrogen) atoms. The first-order valence-corrected chi connectivity index (χ1v) is 12.0. The van der Waals surface area contributed by atoms with E-state index < -0.39 is 26.6 Å². The number of carbonyl (C=O) groups is 1. The quantitative estimate of drug-likeness (QED) is 0.735. The number of nitrogens with zero attached hydrogens (tertiary/aromatic N) is 2. The molecule has 2 saturated heterocycles. The van der Waals surface area contributed by atoms with Gasteiger partial charge in [-0.3, -0.25) is 4.79 Å². The van der Waals surface area contributed by atoms with E-state index in [4.69, 9.17) is 4.74 Å². The number of halogens is 2. The maximum absolute atomic E-state index is 14.0. The Balaban J connectivity index is 1.34. The van der Waals surface area contributed by atoms with Crippen molar-refractivity contribution in [3.8, 4) is 0 Å². The molecule has 0 radical (unpaired) electrons. The van der Waals surface area contributed by atoms with Gasteiger partial charge in [0, 0.05) is 43.5 Å². The van der Waals surface area contributed by atoms with E-state index >= 15 is 0 Å². The fourth-order valence-electron chi connectivity index (χ4n) is 3.99. The number of nitrogens with one attached hydrogen (secondary N) is 1. The molecule has 0 saturated carbocycles. The third kappa shape index (κ3) is 4.92. The van der Waals surface area contributed by atoms with Gasteiger partial charge in [-0.2, -0.15) is 4.31 Å². The zero-order valence-electron chi connectivity index (χ0n) is 17.5. The number of anilines is 2. The summed E-state index contributed by atoms with van der Waals surface area (Å²) in [5.41, 5.74) is 1.73. The topological polar surface area (TPSA) is 79.0 Å². The van der Waals surface area contributed by atoms with Gasteiger partial charge >= 0.3 is 0 Å². The maximum atomic E-state index is 14.0. The molecule has 0 aromatic heterocycles. The van der Waals surface area contributed by atoms with Crippen LogP contribution < -0.4 is 10.2 Å². The summed E-state index contributed by atoms with van der Waals surface area (Å²) in [5, 5.41) is 2.88. The lowest BCUT2D eigenvalue weighted by molar-refractivity contribution is -0.120. The molecule has 2 aromatic rings. The molecule has 172 valence electrons. The summed E-state index contributed by atoms with van der Waals surface area (Å²) in [4.78, 5) is 14.2. The third-order valence-electron chi connectivity index (χ3n) is 5.85. The summed E-state index contributed by atoms with van der Waals surface area (Å²) in [6.45, 7) is 3.16. The molecule has 0 bridgehead atoms. The van der Waals surface area contributed by atoms with Crippen LogP contribution in [0.25, 0.3) is 0 Å². The van der Waals surface area contributed by atoms with Crippen LogP contribution >= 0.6 is 0 Å². The summed E-state index contributed by atoms with van der Waals surface area (Å²) < 4.78 is 59.3. The van der Waals surface area contributed by atoms with Crippen LogP contribution in [0.3, 0.4) is 0 Å². The van der Waals surface area contributed by atoms with E-state index in [9.17, 15) is 22.0 Å². The van der Waals surface area contributed by atoms with Crippen LogP contribution in [-0.2, 0) is 19.6 Å². The molecule has 2 aromatic carbocycles. The number of benzene rings is 2. The van der Waals surface area contributed by atoms with Crippen molar-refractivity contribution in [3.05, 3.63) is 54.1 Å². The van der Waals surface area contributed by atoms with Crippen LogP contribution in [0.1, 0.15) is 12.8 Å². The molecule has 2 fully saturated rings. The summed E-state index contributed by atoms with van der Waals surface area (Å²) in [5.74, 6) is -2.36. The summed E-state index contributed by atoms with van der Waals surface area (Å²) in [7, 11) is -4.17. The number of morpholine rings is 1. The molecule has 7 nitrogen and oxygen atoms in total. The minimum absolute atomic E-state index is 0.0618. The van der Waals surface area contributed by atoms with Crippen molar-refractivity contribution in [2.24, 2.45) is 5.92 Å². The van der Waals surface area contributed by atoms with Gasteiger partial charge in [0.1, 0.15) is 16.5 Å². The largest absolute Gasteiger partial charge is 0.378 e. The maximum Gasteiger partial charge on any atom is 0.246 e. The Bertz CT molecular complexity index is 1070. The smallest absolute Gasteiger partial charge is 0.246 e. The number of hydrogen-bond acceptors (Lipinski definition) is 5. The van der Waals surface area contributed by atoms with Crippen LogP contribution in [0.4, 0.5) is 20.2 Å². The van der Waals surface area contributed by atoms with Crippen molar-refractivity contribution in [2.75, 3.05) is 49.6 Å². The second-order valence-electron chi connectivity index (χ2n) is 7.89. The number of ether oxygens (including phenoxy) is 1. The minimum Gasteiger partial charge on any atom is -0.378 e. The van der Waals surface area contributed by atoms with Crippen molar-refractivity contribution in [1.82, 2.24) is 4.31 Å². The average molecular weight is 466 g/mol. The first-order valence-electron chi connectivity index (χ1n) is 10.5. The molecular weight excluding hydrogens is 440 g/mol. The minimum atomic E-state index is -4.17. The molecule has 1 N–H and O–H groups in total. The predicted octanol–water partition coefficient (Wildman–Crippen LogP) is 2.84. The second kappa shape index (κ2) is 9.51. The van der Waals surface area contributed by atoms with Crippen molar-refractivity contribution < 1.29 is 26.7 Å². The van der Waals surface area contributed by atoms with Gasteiger partial charge in [0.25, 0.3) is 0 Å². The van der Waals surface area contributed by atoms with Crippen molar-refractivity contribution in [1.29, 1.82) is 0 Å². The molecule has 2 heterocycles. The van der Waals surface area contributed by atoms with E-state index in [-0.39, 0.29) is 24.9 Å². The monoisotopic (exact) mass is 465 g/mol. The van der Waals surface area contributed by atoms with Crippen LogP contribution in [0.2, 0.25) is 0 Å². The van der Waals surface area contributed by atoms with Gasteiger partial charge in [-0.05, 0) is 55.3 Å². The highest BCUT2D eigenvalue weighted by molar-refractivity contribution is 7.89. The molecule has 2 aliphatic rings. The molecule has 0 aliphatic carbocycles. The van der Waals surface area contributed by atoms with Crippen LogP contribution in [-0.4, -0.2) is 58.0 Å². The molecule has 0 unspecified atom stereocenters. The second-order valence-corrected chi connectivity index (χ2v) is 9.80. The third-order valence-corrected chi connectivity index (χ3v) is 7.76. The van der Waals surface area contributed by atoms with Gasteiger partial charge in [0.2, 0.25) is 15.9 Å². The fraction of sp³-hybridized carbons (Fsp3) is 0.409. The van der Waals surface area contributed by atoms with E-state index in [2.05, 4.69) is 10.2 Å². The van der Waals surface area contributed by atoms with Gasteiger partial charge in [-0.15, -0.1) is 0 Å². The number of amides is 1. The Morgan fingerprint density at radius 1 is 0.969 bits per heavy atom. The predicted molar refractivity (Wildman–Crippen MR) is 116 cm³/mol. The highest BCUT2D eigenvalue weighted by Gasteiger charge is 2.33. The number of carbonyl (C=O) groups excluding carboxylic acids is 1. The summed E-state index contributed by atoms with van der Waals surface area (Å²) in [6.07, 6.45) is 0.599. The SMILES string of the molecule is O=C(Nc1ccc(N2CCOCC2)cc1)C1CCN(S(=O)(=O)c2cc(F)ccc2F)CC1. The molecule has 2 aliphatic heterocycles. The lowest BCUT2D eigenvalue weighted by Crippen LogP contribution is -2.41. The van der Waals surface area contributed by atoms with E-state index in [0.29, 0.717) is 37.8 Å². The molecule has 10 heteroatoms. The van der Waals surface area contributed by atoms with Gasteiger partial charge in [-0.25, -0.2) is 17.2 Å². The lowest BCUT2D eigenvalue weighted by atomic mass is 9.97. The first kappa shape index (κ1) is 22.6. The molecule has 4 rings (SSSR count). The van der Waals surface area contributed by atoms with E-state index in [1.54, 1.807) is 0 Å². The molecule has 1 amide bonds. The Hall–Kier alpha value is -2.56. The number of hydrogen-bond donors (Lipinski definition) is 1. The fourth-order valence-corrected chi connectivity index (χ4v) is 5.54.